The highest BCUT2D eigenvalue weighted by molar-refractivity contribution is 4.93. The Bertz CT molecular complexity index is 322. The summed E-state index contributed by atoms with van der Waals surface area (Å²) < 4.78 is 5.61. The van der Waals surface area contributed by atoms with Crippen LogP contribution >= 0.6 is 0 Å². The third-order valence-electron chi connectivity index (χ3n) is 6.12. The van der Waals surface area contributed by atoms with Gasteiger partial charge in [-0.1, -0.05) is 27.2 Å². The fourth-order valence-corrected chi connectivity index (χ4v) is 4.08. The molecule has 0 bridgehead atoms. The van der Waals surface area contributed by atoms with Gasteiger partial charge in [-0.2, -0.15) is 0 Å². The first-order chi connectivity index (χ1) is 10.0. The Hall–Kier alpha value is -0.160. The van der Waals surface area contributed by atoms with Gasteiger partial charge in [0.1, 0.15) is 0 Å². The quantitative estimate of drug-likeness (QED) is 0.813. The van der Waals surface area contributed by atoms with Gasteiger partial charge in [0, 0.05) is 19.1 Å². The summed E-state index contributed by atoms with van der Waals surface area (Å²) in [6.07, 6.45) is 5.03. The SMILES string of the molecule is CCC(C)(C)C1CCC(CN)C(N2CCOC(CO)C2)C1. The van der Waals surface area contributed by atoms with Crippen LogP contribution in [0, 0.1) is 17.3 Å². The van der Waals surface area contributed by atoms with Crippen molar-refractivity contribution in [1.29, 1.82) is 0 Å². The third-order valence-corrected chi connectivity index (χ3v) is 6.12. The molecule has 1 saturated carbocycles. The maximum Gasteiger partial charge on any atom is 0.0932 e. The molecule has 2 fully saturated rings. The van der Waals surface area contributed by atoms with E-state index in [2.05, 4.69) is 25.7 Å². The lowest BCUT2D eigenvalue weighted by Crippen LogP contribution is -2.55. The van der Waals surface area contributed by atoms with E-state index in [0.29, 0.717) is 17.4 Å². The van der Waals surface area contributed by atoms with E-state index in [-0.39, 0.29) is 12.7 Å². The van der Waals surface area contributed by atoms with Crippen molar-refractivity contribution in [2.24, 2.45) is 23.0 Å². The maximum absolute atomic E-state index is 9.37. The van der Waals surface area contributed by atoms with Gasteiger partial charge in [0.2, 0.25) is 0 Å². The van der Waals surface area contributed by atoms with Gasteiger partial charge in [-0.25, -0.2) is 0 Å². The Kier molecular flexibility index (Phi) is 6.06. The Balaban J connectivity index is 2.06. The van der Waals surface area contributed by atoms with Gasteiger partial charge in [0.15, 0.2) is 0 Å². The zero-order valence-electron chi connectivity index (χ0n) is 14.1. The first-order valence-corrected chi connectivity index (χ1v) is 8.68. The van der Waals surface area contributed by atoms with E-state index in [4.69, 9.17) is 10.5 Å². The van der Waals surface area contributed by atoms with E-state index >= 15 is 0 Å². The number of morpholine rings is 1. The molecule has 2 aliphatic rings. The monoisotopic (exact) mass is 298 g/mol. The summed E-state index contributed by atoms with van der Waals surface area (Å²) in [5.41, 5.74) is 6.46. The third kappa shape index (κ3) is 3.98. The van der Waals surface area contributed by atoms with Crippen LogP contribution in [0.15, 0.2) is 0 Å². The summed E-state index contributed by atoms with van der Waals surface area (Å²) in [5.74, 6) is 1.39. The minimum absolute atomic E-state index is 0.0169. The van der Waals surface area contributed by atoms with Gasteiger partial charge in [-0.15, -0.1) is 0 Å². The second-order valence-electron chi connectivity index (χ2n) is 7.59. The number of aliphatic hydroxyl groups is 1. The Morgan fingerprint density at radius 3 is 2.71 bits per heavy atom. The summed E-state index contributed by atoms with van der Waals surface area (Å²) in [6, 6.07) is 0.567. The number of hydrogen-bond acceptors (Lipinski definition) is 4. The van der Waals surface area contributed by atoms with Crippen molar-refractivity contribution < 1.29 is 9.84 Å². The molecule has 0 amide bonds. The molecule has 1 aliphatic heterocycles. The van der Waals surface area contributed by atoms with Crippen LogP contribution < -0.4 is 5.73 Å². The van der Waals surface area contributed by atoms with Crippen molar-refractivity contribution in [3.63, 3.8) is 0 Å². The minimum Gasteiger partial charge on any atom is -0.394 e. The molecule has 1 saturated heterocycles. The van der Waals surface area contributed by atoms with Crippen molar-refractivity contribution in [3.05, 3.63) is 0 Å². The molecule has 2 rings (SSSR count). The maximum atomic E-state index is 9.37. The molecule has 3 N–H and O–H groups in total. The number of nitrogens with two attached hydrogens (primary N) is 1. The van der Waals surface area contributed by atoms with Crippen LogP contribution in [0.25, 0.3) is 0 Å². The zero-order valence-corrected chi connectivity index (χ0v) is 14.1. The summed E-state index contributed by atoms with van der Waals surface area (Å²) in [4.78, 5) is 2.54. The number of hydrogen-bond donors (Lipinski definition) is 2. The second kappa shape index (κ2) is 7.40. The number of nitrogens with zero attached hydrogens (tertiary/aromatic N) is 1. The number of aliphatic hydroxyl groups excluding tert-OH is 1. The molecule has 21 heavy (non-hydrogen) atoms. The van der Waals surface area contributed by atoms with Crippen LogP contribution in [0.1, 0.15) is 46.5 Å². The van der Waals surface area contributed by atoms with Crippen LogP contribution in [-0.2, 0) is 4.74 Å². The Morgan fingerprint density at radius 1 is 1.33 bits per heavy atom. The van der Waals surface area contributed by atoms with Crippen molar-refractivity contribution in [2.75, 3.05) is 32.8 Å². The average Bonchev–Trinajstić information content (AvgIpc) is 2.54. The molecule has 0 aromatic rings. The zero-order chi connectivity index (χ0) is 15.5. The standard InChI is InChI=1S/C17H34N2O2/c1-4-17(2,3)14-6-5-13(10-18)16(9-14)19-7-8-21-15(11-19)12-20/h13-16,20H,4-12,18H2,1-3H3. The van der Waals surface area contributed by atoms with Crippen molar-refractivity contribution in [1.82, 2.24) is 4.90 Å². The molecule has 0 radical (unpaired) electrons. The van der Waals surface area contributed by atoms with Gasteiger partial charge in [0.25, 0.3) is 0 Å². The van der Waals surface area contributed by atoms with E-state index < -0.39 is 0 Å². The van der Waals surface area contributed by atoms with Gasteiger partial charge in [-0.05, 0) is 43.1 Å². The molecular weight excluding hydrogens is 264 g/mol. The summed E-state index contributed by atoms with van der Waals surface area (Å²) in [6.45, 7) is 10.6. The molecule has 0 aromatic heterocycles. The smallest absolute Gasteiger partial charge is 0.0932 e. The molecule has 124 valence electrons. The van der Waals surface area contributed by atoms with Crippen molar-refractivity contribution in [3.8, 4) is 0 Å². The fourth-order valence-electron chi connectivity index (χ4n) is 4.08. The molecule has 4 unspecified atom stereocenters. The van der Waals surface area contributed by atoms with Gasteiger partial charge < -0.3 is 15.6 Å². The second-order valence-corrected chi connectivity index (χ2v) is 7.59. The lowest BCUT2D eigenvalue weighted by Gasteiger charge is -2.48. The molecule has 1 heterocycles. The predicted octanol–water partition coefficient (Wildman–Crippen LogP) is 1.86. The number of ether oxygens (including phenoxy) is 1. The van der Waals surface area contributed by atoms with Crippen molar-refractivity contribution in [2.45, 2.75) is 58.6 Å². The normalized spacial score (nSPS) is 35.9. The van der Waals surface area contributed by atoms with E-state index in [0.717, 1.165) is 32.2 Å². The summed E-state index contributed by atoms with van der Waals surface area (Å²) in [5, 5.41) is 9.37. The molecule has 4 nitrogen and oxygen atoms in total. The van der Waals surface area contributed by atoms with Gasteiger partial charge >= 0.3 is 0 Å². The highest BCUT2D eigenvalue weighted by Crippen LogP contribution is 2.43. The minimum atomic E-state index is -0.0169. The molecule has 4 atom stereocenters. The molecule has 0 aromatic carbocycles. The van der Waals surface area contributed by atoms with Crippen LogP contribution in [0.2, 0.25) is 0 Å². The predicted molar refractivity (Wildman–Crippen MR) is 86.1 cm³/mol. The van der Waals surface area contributed by atoms with Gasteiger partial charge in [0.05, 0.1) is 19.3 Å². The Morgan fingerprint density at radius 2 is 2.10 bits per heavy atom. The van der Waals surface area contributed by atoms with E-state index in [9.17, 15) is 5.11 Å². The summed E-state index contributed by atoms with van der Waals surface area (Å²) >= 11 is 0. The summed E-state index contributed by atoms with van der Waals surface area (Å²) in [7, 11) is 0. The topological polar surface area (TPSA) is 58.7 Å². The first kappa shape index (κ1) is 17.2. The van der Waals surface area contributed by atoms with Gasteiger partial charge in [-0.3, -0.25) is 4.90 Å². The first-order valence-electron chi connectivity index (χ1n) is 8.68. The average molecular weight is 298 g/mol. The van der Waals surface area contributed by atoms with E-state index in [1.807, 2.05) is 0 Å². The van der Waals surface area contributed by atoms with E-state index in [1.54, 1.807) is 0 Å². The fraction of sp³-hybridized carbons (Fsp3) is 1.00. The highest BCUT2D eigenvalue weighted by atomic mass is 16.5. The molecular formula is C17H34N2O2. The Labute approximate surface area is 130 Å². The van der Waals surface area contributed by atoms with Crippen LogP contribution in [0.4, 0.5) is 0 Å². The number of rotatable bonds is 5. The highest BCUT2D eigenvalue weighted by Gasteiger charge is 2.40. The van der Waals surface area contributed by atoms with Crippen LogP contribution in [0.3, 0.4) is 0 Å². The lowest BCUT2D eigenvalue weighted by atomic mass is 9.65. The van der Waals surface area contributed by atoms with Crippen molar-refractivity contribution >= 4 is 0 Å². The lowest BCUT2D eigenvalue weighted by molar-refractivity contribution is -0.0832. The largest absolute Gasteiger partial charge is 0.394 e. The molecule has 4 heteroatoms. The van der Waals surface area contributed by atoms with Crippen LogP contribution in [-0.4, -0.2) is 55.0 Å². The molecule has 0 spiro atoms. The van der Waals surface area contributed by atoms with E-state index in [1.165, 1.54) is 25.7 Å². The molecule has 1 aliphatic carbocycles. The van der Waals surface area contributed by atoms with Crippen LogP contribution in [0.5, 0.6) is 0 Å².